The normalized spacial score (nSPS) is 14.4. The average molecular weight is 483 g/mol. The van der Waals surface area contributed by atoms with Gasteiger partial charge in [0.15, 0.2) is 17.3 Å². The van der Waals surface area contributed by atoms with E-state index in [4.69, 9.17) is 11.5 Å². The highest BCUT2D eigenvalue weighted by molar-refractivity contribution is 7.86. The average Bonchev–Trinajstić information content (AvgIpc) is 2.68. The topological polar surface area (TPSA) is 151 Å². The highest BCUT2D eigenvalue weighted by Gasteiger charge is 2.29. The zero-order valence-electron chi connectivity index (χ0n) is 16.9. The van der Waals surface area contributed by atoms with Crippen LogP contribution in [0.3, 0.4) is 0 Å². The smallest absolute Gasteiger partial charge is 0.359 e. The lowest BCUT2D eigenvalue weighted by molar-refractivity contribution is 0.0746. The van der Waals surface area contributed by atoms with Crippen molar-refractivity contribution in [3.8, 4) is 5.69 Å². The molecule has 1 aliphatic heterocycles. The number of carbonyl (C=O) groups excluding carboxylic acids is 1. The van der Waals surface area contributed by atoms with E-state index in [9.17, 15) is 31.2 Å². The summed E-state index contributed by atoms with van der Waals surface area (Å²) in [5.74, 6) is -4.89. The van der Waals surface area contributed by atoms with Crippen molar-refractivity contribution in [1.82, 2.24) is 9.55 Å². The first kappa shape index (κ1) is 22.5. The molecule has 14 heteroatoms. The first-order valence-electron chi connectivity index (χ1n) is 9.31. The minimum Gasteiger partial charge on any atom is -0.396 e. The number of carbonyl (C=O) groups is 1. The van der Waals surface area contributed by atoms with Crippen LogP contribution < -0.4 is 21.8 Å². The second-order valence-electron chi connectivity index (χ2n) is 7.47. The van der Waals surface area contributed by atoms with Crippen LogP contribution in [-0.4, -0.2) is 49.3 Å². The first-order chi connectivity index (χ1) is 15.4. The Balaban J connectivity index is 2.05. The zero-order chi connectivity index (χ0) is 24.2. The maximum atomic E-state index is 14.8. The molecule has 0 bridgehead atoms. The Bertz CT molecular complexity index is 1490. The number of rotatable bonds is 4. The number of halogens is 3. The Morgan fingerprint density at radius 1 is 1.15 bits per heavy atom. The molecule has 0 aliphatic carbocycles. The summed E-state index contributed by atoms with van der Waals surface area (Å²) in [5, 5.41) is -0.480. The molecular weight excluding hydrogens is 467 g/mol. The number of benzene rings is 1. The molecule has 0 spiro atoms. The highest BCUT2D eigenvalue weighted by atomic mass is 32.2. The fourth-order valence-electron chi connectivity index (χ4n) is 3.37. The molecule has 4 N–H and O–H groups in total. The van der Waals surface area contributed by atoms with Crippen molar-refractivity contribution in [2.24, 2.45) is 5.73 Å². The van der Waals surface area contributed by atoms with Crippen molar-refractivity contribution in [2.75, 3.05) is 30.0 Å². The van der Waals surface area contributed by atoms with Crippen molar-refractivity contribution >= 4 is 38.6 Å². The summed E-state index contributed by atoms with van der Waals surface area (Å²) in [6.07, 6.45) is 1.35. The van der Waals surface area contributed by atoms with Crippen LogP contribution in [0.15, 0.2) is 29.2 Å². The molecule has 174 valence electrons. The third-order valence-corrected chi connectivity index (χ3v) is 5.35. The molecule has 4 rings (SSSR count). The molecule has 1 fully saturated rings. The van der Waals surface area contributed by atoms with E-state index in [1.165, 1.54) is 4.90 Å². The summed E-state index contributed by atoms with van der Waals surface area (Å²) < 4.78 is 71.0. The highest BCUT2D eigenvalue weighted by Crippen LogP contribution is 2.28. The van der Waals surface area contributed by atoms with E-state index in [0.29, 0.717) is 12.3 Å². The van der Waals surface area contributed by atoms with Gasteiger partial charge in [-0.3, -0.25) is 9.36 Å². The number of nitrogens with two attached hydrogens (primary N) is 2. The predicted molar refractivity (Wildman–Crippen MR) is 112 cm³/mol. The van der Waals surface area contributed by atoms with Crippen LogP contribution in [0.25, 0.3) is 16.7 Å². The molecule has 1 saturated heterocycles. The Morgan fingerprint density at radius 3 is 2.42 bits per heavy atom. The Hall–Kier alpha value is -3.65. The van der Waals surface area contributed by atoms with E-state index in [-0.39, 0.29) is 30.6 Å². The van der Waals surface area contributed by atoms with Gasteiger partial charge in [-0.15, -0.1) is 0 Å². The molecule has 33 heavy (non-hydrogen) atoms. The number of hydrogen-bond acceptors (Lipinski definition) is 9. The van der Waals surface area contributed by atoms with E-state index in [0.717, 1.165) is 22.9 Å². The lowest BCUT2D eigenvalue weighted by atomic mass is 10.1. The lowest BCUT2D eigenvalue weighted by Gasteiger charge is -2.38. The molecule has 0 unspecified atom stereocenters. The largest absolute Gasteiger partial charge is 0.396 e. The van der Waals surface area contributed by atoms with Crippen LogP contribution in [0, 0.1) is 17.5 Å². The van der Waals surface area contributed by atoms with Crippen molar-refractivity contribution in [1.29, 1.82) is 0 Å². The summed E-state index contributed by atoms with van der Waals surface area (Å²) in [6, 6.07) is 1.92. The number of aromatic nitrogens is 2. The number of nitrogens with zero attached hydrogens (tertiary/aromatic N) is 3. The van der Waals surface area contributed by atoms with Gasteiger partial charge in [0.2, 0.25) is 5.43 Å². The van der Waals surface area contributed by atoms with Crippen LogP contribution in [0.2, 0.25) is 0 Å². The van der Waals surface area contributed by atoms with Gasteiger partial charge in [0, 0.05) is 31.4 Å². The third-order valence-electron chi connectivity index (χ3n) is 4.89. The van der Waals surface area contributed by atoms with E-state index >= 15 is 0 Å². The van der Waals surface area contributed by atoms with Crippen molar-refractivity contribution in [2.45, 2.75) is 6.04 Å². The number of anilines is 2. The molecule has 0 radical (unpaired) electrons. The molecule has 0 atom stereocenters. The van der Waals surface area contributed by atoms with Crippen LogP contribution in [0.4, 0.5) is 24.7 Å². The summed E-state index contributed by atoms with van der Waals surface area (Å²) in [5.41, 5.74) is 8.11. The van der Waals surface area contributed by atoms with E-state index in [2.05, 4.69) is 9.17 Å². The Labute approximate surface area is 184 Å². The molecule has 1 aliphatic rings. The third kappa shape index (κ3) is 4.09. The van der Waals surface area contributed by atoms with E-state index in [1.807, 2.05) is 0 Å². The summed E-state index contributed by atoms with van der Waals surface area (Å²) in [7, 11) is -4.32. The fraction of sp³-hybridized carbons (Fsp3) is 0.211. The summed E-state index contributed by atoms with van der Waals surface area (Å²) in [4.78, 5) is 30.8. The van der Waals surface area contributed by atoms with Crippen LogP contribution >= 0.6 is 0 Å². The molecule has 3 aromatic rings. The molecular formula is C19H16F3N5O5S. The van der Waals surface area contributed by atoms with Crippen molar-refractivity contribution in [3.05, 3.63) is 57.6 Å². The lowest BCUT2D eigenvalue weighted by Crippen LogP contribution is -2.56. The first-order valence-corrected chi connectivity index (χ1v) is 11.1. The van der Waals surface area contributed by atoms with Gasteiger partial charge in [-0.1, -0.05) is 0 Å². The number of fused-ring (bicyclic) bond motifs is 1. The molecule has 3 heterocycles. The van der Waals surface area contributed by atoms with Crippen molar-refractivity contribution in [3.63, 3.8) is 0 Å². The van der Waals surface area contributed by atoms with E-state index in [1.54, 1.807) is 0 Å². The van der Waals surface area contributed by atoms with Gasteiger partial charge in [0.25, 0.3) is 0 Å². The minimum absolute atomic E-state index is 0.181. The van der Waals surface area contributed by atoms with Gasteiger partial charge in [-0.05, 0) is 12.1 Å². The van der Waals surface area contributed by atoms with Crippen LogP contribution in [0.1, 0.15) is 10.4 Å². The second kappa shape index (κ2) is 7.74. The van der Waals surface area contributed by atoms with Gasteiger partial charge >= 0.3 is 16.1 Å². The van der Waals surface area contributed by atoms with Gasteiger partial charge in [-0.25, -0.2) is 22.9 Å². The van der Waals surface area contributed by atoms with Gasteiger partial charge in [-0.2, -0.15) is 8.42 Å². The van der Waals surface area contributed by atoms with Gasteiger partial charge in [0.05, 0.1) is 23.0 Å². The van der Waals surface area contributed by atoms with Gasteiger partial charge < -0.3 is 20.6 Å². The number of hydrogen-bond donors (Lipinski definition) is 2. The second-order valence-corrected chi connectivity index (χ2v) is 9.05. The molecule has 0 amide bonds. The maximum absolute atomic E-state index is 14.8. The van der Waals surface area contributed by atoms with Gasteiger partial charge in [0.1, 0.15) is 17.2 Å². The predicted octanol–water partition coefficient (Wildman–Crippen LogP) is 0.649. The fourth-order valence-corrected chi connectivity index (χ4v) is 3.74. The molecule has 2 aromatic heterocycles. The van der Waals surface area contributed by atoms with E-state index < -0.39 is 61.3 Å². The quantitative estimate of drug-likeness (QED) is 0.403. The molecule has 0 saturated carbocycles. The maximum Gasteiger partial charge on any atom is 0.359 e. The van der Waals surface area contributed by atoms with Crippen LogP contribution in [-0.2, 0) is 14.3 Å². The summed E-state index contributed by atoms with van der Waals surface area (Å²) >= 11 is 0. The van der Waals surface area contributed by atoms with Crippen molar-refractivity contribution < 1.29 is 30.6 Å². The SMILES string of the molecule is CS(=O)(=O)OC(=O)c1cn(-c2cc(N)c(F)cc2F)c2nc(N3CC(N)C3)c(F)cc2c1=O. The molecule has 1 aromatic carbocycles. The Kier molecular flexibility index (Phi) is 5.29. The Morgan fingerprint density at radius 2 is 1.82 bits per heavy atom. The molecule has 10 nitrogen and oxygen atoms in total. The zero-order valence-corrected chi connectivity index (χ0v) is 17.7. The summed E-state index contributed by atoms with van der Waals surface area (Å²) in [6.45, 7) is 0.548. The number of pyridine rings is 2. The van der Waals surface area contributed by atoms with Crippen LogP contribution in [0.5, 0.6) is 0 Å². The monoisotopic (exact) mass is 483 g/mol. The number of nitrogen functional groups attached to an aromatic ring is 1. The minimum atomic E-state index is -4.32. The standard InChI is InChI=1S/C19H16F3N5O5S/c1-33(30,31)32-19(29)10-7-27(15-4-14(24)11(20)3-12(15)21)17-9(16(10)28)2-13(22)18(25-17)26-5-8(23)6-26/h2-4,7-8H,5-6,23-24H2,1H3.